The van der Waals surface area contributed by atoms with E-state index in [1.54, 1.807) is 11.8 Å². The first-order valence-corrected chi connectivity index (χ1v) is 7.92. The van der Waals surface area contributed by atoms with E-state index in [0.717, 1.165) is 25.7 Å². The van der Waals surface area contributed by atoms with Crippen molar-refractivity contribution in [1.29, 1.82) is 0 Å². The van der Waals surface area contributed by atoms with Crippen molar-refractivity contribution >= 4 is 23.6 Å². The Balaban J connectivity index is 2.30. The van der Waals surface area contributed by atoms with Gasteiger partial charge in [-0.25, -0.2) is 0 Å². The van der Waals surface area contributed by atoms with Crippen LogP contribution in [0.1, 0.15) is 39.0 Å². The Morgan fingerprint density at radius 1 is 1.50 bits per heavy atom. The second-order valence-electron chi connectivity index (χ2n) is 4.69. The molecular formula is C13H23NO3S. The van der Waals surface area contributed by atoms with Crippen LogP contribution in [0.15, 0.2) is 0 Å². The maximum absolute atomic E-state index is 11.6. The lowest BCUT2D eigenvalue weighted by Crippen LogP contribution is -2.32. The van der Waals surface area contributed by atoms with Crippen molar-refractivity contribution in [2.45, 2.75) is 44.3 Å². The normalized spacial score (nSPS) is 24.2. The number of carbonyl (C=O) groups excluding carboxylic acids is 2. The Labute approximate surface area is 113 Å². The van der Waals surface area contributed by atoms with E-state index < -0.39 is 0 Å². The number of carbonyl (C=O) groups is 2. The summed E-state index contributed by atoms with van der Waals surface area (Å²) in [6, 6.07) is 0. The third kappa shape index (κ3) is 5.29. The molecule has 0 spiro atoms. The van der Waals surface area contributed by atoms with E-state index in [0.29, 0.717) is 19.6 Å². The first-order chi connectivity index (χ1) is 8.67. The van der Waals surface area contributed by atoms with Gasteiger partial charge in [-0.15, -0.1) is 0 Å². The van der Waals surface area contributed by atoms with Gasteiger partial charge < -0.3 is 10.1 Å². The lowest BCUT2D eigenvalue weighted by Gasteiger charge is -2.12. The number of nitrogens with one attached hydrogen (secondary N) is 1. The van der Waals surface area contributed by atoms with E-state index in [4.69, 9.17) is 4.74 Å². The standard InChI is InChI=1S/C13H23NO3S/c1-3-4-7-17-12(15)8-10-5-6-11(18-2)13(16)14-9-10/h10-11H,3-9H2,1-2H3,(H,14,16)/t10-,11-/m0/s1. The zero-order chi connectivity index (χ0) is 13.4. The Hall–Kier alpha value is -0.710. The fourth-order valence-corrected chi connectivity index (χ4v) is 2.67. The Morgan fingerprint density at radius 2 is 2.28 bits per heavy atom. The molecule has 4 nitrogen and oxygen atoms in total. The summed E-state index contributed by atoms with van der Waals surface area (Å²) in [5, 5.41) is 2.93. The summed E-state index contributed by atoms with van der Waals surface area (Å²) in [6.45, 7) is 3.18. The third-order valence-corrected chi connectivity index (χ3v) is 4.21. The van der Waals surface area contributed by atoms with Crippen molar-refractivity contribution in [3.05, 3.63) is 0 Å². The number of ether oxygens (including phenoxy) is 1. The maximum Gasteiger partial charge on any atom is 0.306 e. The van der Waals surface area contributed by atoms with Gasteiger partial charge in [0.1, 0.15) is 0 Å². The third-order valence-electron chi connectivity index (χ3n) is 3.20. The average Bonchev–Trinajstić information content (AvgIpc) is 2.52. The summed E-state index contributed by atoms with van der Waals surface area (Å²) >= 11 is 1.58. The molecule has 104 valence electrons. The van der Waals surface area contributed by atoms with Crippen molar-refractivity contribution in [2.24, 2.45) is 5.92 Å². The van der Waals surface area contributed by atoms with Crippen LogP contribution in [0.5, 0.6) is 0 Å². The van der Waals surface area contributed by atoms with E-state index in [2.05, 4.69) is 12.2 Å². The van der Waals surface area contributed by atoms with Gasteiger partial charge in [0.15, 0.2) is 0 Å². The van der Waals surface area contributed by atoms with Gasteiger partial charge in [-0.1, -0.05) is 13.3 Å². The molecule has 1 aliphatic heterocycles. The molecule has 1 saturated heterocycles. The SMILES string of the molecule is CCCCOC(=O)C[C@@H]1CC[C@H](SC)C(=O)NC1. The van der Waals surface area contributed by atoms with E-state index in [9.17, 15) is 9.59 Å². The first kappa shape index (κ1) is 15.3. The van der Waals surface area contributed by atoms with Gasteiger partial charge in [0.25, 0.3) is 0 Å². The number of hydrogen-bond donors (Lipinski definition) is 1. The van der Waals surface area contributed by atoms with Gasteiger partial charge >= 0.3 is 5.97 Å². The number of hydrogen-bond acceptors (Lipinski definition) is 4. The molecule has 5 heteroatoms. The smallest absolute Gasteiger partial charge is 0.306 e. The Morgan fingerprint density at radius 3 is 2.94 bits per heavy atom. The summed E-state index contributed by atoms with van der Waals surface area (Å²) < 4.78 is 5.15. The molecule has 0 unspecified atom stereocenters. The zero-order valence-corrected chi connectivity index (χ0v) is 12.1. The number of amides is 1. The van der Waals surface area contributed by atoms with Crippen LogP contribution < -0.4 is 5.32 Å². The van der Waals surface area contributed by atoms with E-state index in [1.165, 1.54) is 0 Å². The number of unbranched alkanes of at least 4 members (excludes halogenated alkanes) is 1. The van der Waals surface area contributed by atoms with Gasteiger partial charge in [-0.05, 0) is 31.4 Å². The van der Waals surface area contributed by atoms with Crippen LogP contribution in [0, 0.1) is 5.92 Å². The molecule has 1 fully saturated rings. The van der Waals surface area contributed by atoms with Crippen LogP contribution in [-0.2, 0) is 14.3 Å². The fraction of sp³-hybridized carbons (Fsp3) is 0.846. The molecule has 1 heterocycles. The van der Waals surface area contributed by atoms with Crippen molar-refractivity contribution < 1.29 is 14.3 Å². The van der Waals surface area contributed by atoms with Gasteiger partial charge in [-0.3, -0.25) is 9.59 Å². The molecule has 1 rings (SSSR count). The highest BCUT2D eigenvalue weighted by molar-refractivity contribution is 7.99. The monoisotopic (exact) mass is 273 g/mol. The maximum atomic E-state index is 11.6. The molecule has 0 aliphatic carbocycles. The lowest BCUT2D eigenvalue weighted by atomic mass is 10.00. The van der Waals surface area contributed by atoms with Crippen LogP contribution >= 0.6 is 11.8 Å². The second-order valence-corrected chi connectivity index (χ2v) is 5.73. The highest BCUT2D eigenvalue weighted by Gasteiger charge is 2.25. The van der Waals surface area contributed by atoms with Crippen LogP contribution in [0.2, 0.25) is 0 Å². The number of thioether (sulfide) groups is 1. The summed E-state index contributed by atoms with van der Waals surface area (Å²) in [7, 11) is 0. The molecule has 0 aromatic carbocycles. The number of rotatable bonds is 6. The Kier molecular flexibility index (Phi) is 7.16. The summed E-state index contributed by atoms with van der Waals surface area (Å²) in [4.78, 5) is 23.2. The minimum atomic E-state index is -0.134. The largest absolute Gasteiger partial charge is 0.466 e. The van der Waals surface area contributed by atoms with Crippen molar-refractivity contribution in [1.82, 2.24) is 5.32 Å². The van der Waals surface area contributed by atoms with Crippen LogP contribution in [0.4, 0.5) is 0 Å². The quantitative estimate of drug-likeness (QED) is 0.594. The molecule has 0 radical (unpaired) electrons. The minimum absolute atomic E-state index is 0.0334. The molecule has 0 aromatic rings. The molecule has 0 saturated carbocycles. The molecule has 2 atom stereocenters. The summed E-state index contributed by atoms with van der Waals surface area (Å²) in [6.07, 6.45) is 6.07. The topological polar surface area (TPSA) is 55.4 Å². The second kappa shape index (κ2) is 8.40. The first-order valence-electron chi connectivity index (χ1n) is 6.63. The predicted octanol–water partition coefficient (Wildman–Crippen LogP) is 1.98. The van der Waals surface area contributed by atoms with Crippen molar-refractivity contribution in [3.8, 4) is 0 Å². The van der Waals surface area contributed by atoms with E-state index >= 15 is 0 Å². The van der Waals surface area contributed by atoms with Crippen molar-refractivity contribution in [3.63, 3.8) is 0 Å². The highest BCUT2D eigenvalue weighted by Crippen LogP contribution is 2.22. The molecule has 1 amide bonds. The van der Waals surface area contributed by atoms with Gasteiger partial charge in [0.05, 0.1) is 18.3 Å². The van der Waals surface area contributed by atoms with Crippen LogP contribution in [-0.4, -0.2) is 36.5 Å². The van der Waals surface area contributed by atoms with Crippen LogP contribution in [0.3, 0.4) is 0 Å². The molecule has 0 aromatic heterocycles. The summed E-state index contributed by atoms with van der Waals surface area (Å²) in [5.74, 6) is 0.190. The molecular weight excluding hydrogens is 250 g/mol. The molecule has 1 N–H and O–H groups in total. The lowest BCUT2D eigenvalue weighted by molar-refractivity contribution is -0.145. The molecule has 18 heavy (non-hydrogen) atoms. The highest BCUT2D eigenvalue weighted by atomic mass is 32.2. The van der Waals surface area contributed by atoms with Gasteiger partial charge in [-0.2, -0.15) is 11.8 Å². The van der Waals surface area contributed by atoms with Crippen molar-refractivity contribution in [2.75, 3.05) is 19.4 Å². The predicted molar refractivity (Wildman–Crippen MR) is 73.5 cm³/mol. The number of esters is 1. The molecule has 0 bridgehead atoms. The van der Waals surface area contributed by atoms with Crippen LogP contribution in [0.25, 0.3) is 0 Å². The van der Waals surface area contributed by atoms with E-state index in [-0.39, 0.29) is 23.0 Å². The minimum Gasteiger partial charge on any atom is -0.466 e. The summed E-state index contributed by atoms with van der Waals surface area (Å²) in [5.41, 5.74) is 0. The molecule has 1 aliphatic rings. The fourth-order valence-electron chi connectivity index (χ4n) is 2.00. The zero-order valence-electron chi connectivity index (χ0n) is 11.2. The van der Waals surface area contributed by atoms with Gasteiger partial charge in [0.2, 0.25) is 5.91 Å². The average molecular weight is 273 g/mol. The van der Waals surface area contributed by atoms with Gasteiger partial charge in [0, 0.05) is 6.54 Å². The van der Waals surface area contributed by atoms with E-state index in [1.807, 2.05) is 6.26 Å². The Bertz CT molecular complexity index is 283.